The van der Waals surface area contributed by atoms with E-state index in [-0.39, 0.29) is 0 Å². The van der Waals surface area contributed by atoms with E-state index in [1.54, 1.807) is 6.20 Å². The summed E-state index contributed by atoms with van der Waals surface area (Å²) < 4.78 is 5.41. The maximum Gasteiger partial charge on any atom is 0.223 e. The molecular formula is C18H24N6O. The molecule has 0 unspecified atom stereocenters. The Bertz CT molecular complexity index is 727. The molecule has 0 amide bonds. The first-order valence-corrected chi connectivity index (χ1v) is 9.03. The van der Waals surface area contributed by atoms with Crippen molar-refractivity contribution in [3.63, 3.8) is 0 Å². The molecule has 4 rings (SSSR count). The average molecular weight is 340 g/mol. The van der Waals surface area contributed by atoms with Crippen LogP contribution in [-0.2, 0) is 11.2 Å². The van der Waals surface area contributed by atoms with E-state index in [9.17, 15) is 0 Å². The maximum absolute atomic E-state index is 5.41. The minimum atomic E-state index is 0.373. The first-order chi connectivity index (χ1) is 12.3. The van der Waals surface area contributed by atoms with Gasteiger partial charge in [-0.15, -0.1) is 0 Å². The topological polar surface area (TPSA) is 84.9 Å². The van der Waals surface area contributed by atoms with Crippen LogP contribution < -0.4 is 10.6 Å². The normalized spacial score (nSPS) is 18.1. The van der Waals surface area contributed by atoms with Gasteiger partial charge in [-0.3, -0.25) is 0 Å². The highest BCUT2D eigenvalue weighted by molar-refractivity contribution is 5.63. The Labute approximate surface area is 147 Å². The molecule has 25 heavy (non-hydrogen) atoms. The van der Waals surface area contributed by atoms with Crippen LogP contribution in [0.15, 0.2) is 18.5 Å². The van der Waals surface area contributed by atoms with Crippen molar-refractivity contribution in [3.05, 3.63) is 24.2 Å². The summed E-state index contributed by atoms with van der Waals surface area (Å²) in [5.74, 6) is 2.08. The largest absolute Gasteiger partial charge is 0.381 e. The Morgan fingerprint density at radius 1 is 1.08 bits per heavy atom. The van der Waals surface area contributed by atoms with Crippen molar-refractivity contribution < 1.29 is 4.74 Å². The van der Waals surface area contributed by atoms with Gasteiger partial charge < -0.3 is 15.4 Å². The fourth-order valence-electron chi connectivity index (χ4n) is 3.11. The number of ether oxygens (including phenoxy) is 1. The second kappa shape index (κ2) is 7.31. The van der Waals surface area contributed by atoms with E-state index < -0.39 is 0 Å². The van der Waals surface area contributed by atoms with Gasteiger partial charge in [0.25, 0.3) is 0 Å². The SMILES string of the molecule is CNc1ncc(-c2ccnc(NC3CCOCC3)n2)c(CC2CC2)n1. The van der Waals surface area contributed by atoms with E-state index in [2.05, 4.69) is 25.6 Å². The monoisotopic (exact) mass is 340 g/mol. The van der Waals surface area contributed by atoms with Gasteiger partial charge in [0.05, 0.1) is 11.4 Å². The average Bonchev–Trinajstić information content (AvgIpc) is 3.47. The third-order valence-electron chi connectivity index (χ3n) is 4.76. The van der Waals surface area contributed by atoms with E-state index in [0.29, 0.717) is 17.9 Å². The molecule has 2 aromatic rings. The minimum absolute atomic E-state index is 0.373. The molecule has 1 saturated carbocycles. The van der Waals surface area contributed by atoms with Gasteiger partial charge in [0.15, 0.2) is 0 Å². The predicted octanol–water partition coefficient (Wildman–Crippen LogP) is 2.52. The van der Waals surface area contributed by atoms with Crippen molar-refractivity contribution in [1.29, 1.82) is 0 Å². The van der Waals surface area contributed by atoms with Crippen LogP contribution >= 0.6 is 0 Å². The number of nitrogens with zero attached hydrogens (tertiary/aromatic N) is 4. The summed E-state index contributed by atoms with van der Waals surface area (Å²) in [6.45, 7) is 1.59. The Morgan fingerprint density at radius 2 is 1.92 bits per heavy atom. The predicted molar refractivity (Wildman–Crippen MR) is 96.5 cm³/mol. The molecule has 1 saturated heterocycles. The Morgan fingerprint density at radius 3 is 2.68 bits per heavy atom. The molecule has 0 spiro atoms. The van der Waals surface area contributed by atoms with Gasteiger partial charge in [-0.25, -0.2) is 19.9 Å². The zero-order chi connectivity index (χ0) is 17.1. The molecule has 1 aliphatic heterocycles. The van der Waals surface area contributed by atoms with Crippen LogP contribution in [-0.4, -0.2) is 46.2 Å². The molecule has 2 aromatic heterocycles. The summed E-state index contributed by atoms with van der Waals surface area (Å²) in [5.41, 5.74) is 2.95. The van der Waals surface area contributed by atoms with Gasteiger partial charge in [-0.2, -0.15) is 0 Å². The Balaban J connectivity index is 1.59. The van der Waals surface area contributed by atoms with Gasteiger partial charge in [-0.05, 0) is 44.1 Å². The highest BCUT2D eigenvalue weighted by Crippen LogP contribution is 2.35. The standard InChI is InChI=1S/C18H24N6O/c1-19-17-21-11-14(16(24-17)10-12-2-3-12)15-4-7-20-18(23-15)22-13-5-8-25-9-6-13/h4,7,11-13H,2-3,5-6,8-10H2,1H3,(H,19,21,24)(H,20,22,23). The number of hydrogen-bond acceptors (Lipinski definition) is 7. The van der Waals surface area contributed by atoms with Gasteiger partial charge in [0.2, 0.25) is 11.9 Å². The highest BCUT2D eigenvalue weighted by atomic mass is 16.5. The van der Waals surface area contributed by atoms with E-state index in [4.69, 9.17) is 9.72 Å². The van der Waals surface area contributed by atoms with Crippen molar-refractivity contribution in [2.45, 2.75) is 38.1 Å². The van der Waals surface area contributed by atoms with Crippen molar-refractivity contribution in [2.75, 3.05) is 30.9 Å². The summed E-state index contributed by atoms with van der Waals surface area (Å²) >= 11 is 0. The molecule has 2 N–H and O–H groups in total. The number of aromatic nitrogens is 4. The van der Waals surface area contributed by atoms with Gasteiger partial charge in [-0.1, -0.05) is 0 Å². The molecule has 0 aromatic carbocycles. The molecular weight excluding hydrogens is 316 g/mol. The van der Waals surface area contributed by atoms with Gasteiger partial charge in [0, 0.05) is 44.3 Å². The molecule has 7 nitrogen and oxygen atoms in total. The van der Waals surface area contributed by atoms with E-state index in [1.807, 2.05) is 19.3 Å². The summed E-state index contributed by atoms with van der Waals surface area (Å²) in [6, 6.07) is 2.31. The lowest BCUT2D eigenvalue weighted by molar-refractivity contribution is 0.0903. The summed E-state index contributed by atoms with van der Waals surface area (Å²) in [7, 11) is 1.84. The fraction of sp³-hybridized carbons (Fsp3) is 0.556. The van der Waals surface area contributed by atoms with Crippen molar-refractivity contribution >= 4 is 11.9 Å². The van der Waals surface area contributed by atoms with Crippen molar-refractivity contribution in [2.24, 2.45) is 5.92 Å². The third-order valence-corrected chi connectivity index (χ3v) is 4.76. The lowest BCUT2D eigenvalue weighted by Gasteiger charge is -2.23. The Kier molecular flexibility index (Phi) is 4.74. The van der Waals surface area contributed by atoms with Crippen LogP contribution in [0.4, 0.5) is 11.9 Å². The lowest BCUT2D eigenvalue weighted by Crippen LogP contribution is -2.28. The summed E-state index contributed by atoms with van der Waals surface area (Å²) in [6.07, 6.45) is 9.21. The maximum atomic E-state index is 5.41. The summed E-state index contributed by atoms with van der Waals surface area (Å²) in [4.78, 5) is 18.2. The van der Waals surface area contributed by atoms with E-state index in [0.717, 1.165) is 55.3 Å². The van der Waals surface area contributed by atoms with Crippen LogP contribution in [0.3, 0.4) is 0 Å². The summed E-state index contributed by atoms with van der Waals surface area (Å²) in [5, 5.41) is 6.46. The number of rotatable bonds is 6. The molecule has 2 fully saturated rings. The van der Waals surface area contributed by atoms with Gasteiger partial charge >= 0.3 is 0 Å². The molecule has 0 radical (unpaired) electrons. The first kappa shape index (κ1) is 16.2. The van der Waals surface area contributed by atoms with Crippen LogP contribution in [0.1, 0.15) is 31.4 Å². The fourth-order valence-corrected chi connectivity index (χ4v) is 3.11. The van der Waals surface area contributed by atoms with Crippen LogP contribution in [0.5, 0.6) is 0 Å². The molecule has 0 bridgehead atoms. The van der Waals surface area contributed by atoms with E-state index in [1.165, 1.54) is 12.8 Å². The number of hydrogen-bond donors (Lipinski definition) is 2. The van der Waals surface area contributed by atoms with Crippen LogP contribution in [0.2, 0.25) is 0 Å². The second-order valence-corrected chi connectivity index (χ2v) is 6.75. The van der Waals surface area contributed by atoms with Crippen molar-refractivity contribution in [3.8, 4) is 11.3 Å². The number of nitrogens with one attached hydrogen (secondary N) is 2. The molecule has 0 atom stereocenters. The van der Waals surface area contributed by atoms with E-state index >= 15 is 0 Å². The van der Waals surface area contributed by atoms with Gasteiger partial charge in [0.1, 0.15) is 0 Å². The molecule has 132 valence electrons. The highest BCUT2D eigenvalue weighted by Gasteiger charge is 2.25. The number of anilines is 2. The Hall–Kier alpha value is -2.28. The van der Waals surface area contributed by atoms with Crippen LogP contribution in [0.25, 0.3) is 11.3 Å². The van der Waals surface area contributed by atoms with Crippen LogP contribution in [0, 0.1) is 5.92 Å². The minimum Gasteiger partial charge on any atom is -0.381 e. The lowest BCUT2D eigenvalue weighted by atomic mass is 10.1. The molecule has 1 aliphatic carbocycles. The molecule has 7 heteroatoms. The zero-order valence-electron chi connectivity index (χ0n) is 14.5. The van der Waals surface area contributed by atoms with Crippen molar-refractivity contribution in [1.82, 2.24) is 19.9 Å². The second-order valence-electron chi connectivity index (χ2n) is 6.75. The molecule has 3 heterocycles. The first-order valence-electron chi connectivity index (χ1n) is 9.03. The smallest absolute Gasteiger partial charge is 0.223 e. The zero-order valence-corrected chi connectivity index (χ0v) is 14.5. The third kappa shape index (κ3) is 4.04. The molecule has 2 aliphatic rings. The quantitative estimate of drug-likeness (QED) is 0.836.